The monoisotopic (exact) mass is 419 g/mol. The summed E-state index contributed by atoms with van der Waals surface area (Å²) >= 11 is 0. The van der Waals surface area contributed by atoms with Gasteiger partial charge in [0.2, 0.25) is 0 Å². The van der Waals surface area contributed by atoms with Gasteiger partial charge < -0.3 is 15.4 Å². The summed E-state index contributed by atoms with van der Waals surface area (Å²) in [4.78, 5) is 2.50. The maximum atomic E-state index is 11.6. The molecule has 1 saturated heterocycles. The van der Waals surface area contributed by atoms with Crippen LogP contribution in [0.3, 0.4) is 0 Å². The molecule has 0 bridgehead atoms. The number of ether oxygens (including phenoxy) is 1. The van der Waals surface area contributed by atoms with Crippen molar-refractivity contribution >= 4 is 21.9 Å². The summed E-state index contributed by atoms with van der Waals surface area (Å²) in [6, 6.07) is 8.59. The zero-order chi connectivity index (χ0) is 20.1. The van der Waals surface area contributed by atoms with Gasteiger partial charge in [0.15, 0.2) is 11.7 Å². The molecule has 1 aliphatic carbocycles. The first-order chi connectivity index (χ1) is 14.1. The highest BCUT2D eigenvalue weighted by atomic mass is 32.2. The summed E-state index contributed by atoms with van der Waals surface area (Å²) in [5.41, 5.74) is 1.28. The van der Waals surface area contributed by atoms with Gasteiger partial charge in [0.1, 0.15) is 5.75 Å². The predicted molar refractivity (Wildman–Crippen MR) is 114 cm³/mol. The average molecular weight is 420 g/mol. The van der Waals surface area contributed by atoms with Crippen LogP contribution >= 0.6 is 0 Å². The summed E-state index contributed by atoms with van der Waals surface area (Å²) in [5.74, 6) is 1.51. The molecular weight excluding hydrogens is 390 g/mol. The van der Waals surface area contributed by atoms with E-state index < -0.39 is 10.2 Å². The van der Waals surface area contributed by atoms with Gasteiger partial charge >= 0.3 is 10.2 Å². The zero-order valence-corrected chi connectivity index (χ0v) is 17.5. The van der Waals surface area contributed by atoms with Gasteiger partial charge in [0, 0.05) is 19.1 Å². The molecule has 4 rings (SSSR count). The molecule has 0 unspecified atom stereocenters. The highest BCUT2D eigenvalue weighted by Crippen LogP contribution is 2.20. The predicted octanol–water partition coefficient (Wildman–Crippen LogP) is 1.84. The number of nitrogens with one attached hydrogen (secondary N) is 2. The largest absolute Gasteiger partial charge is 0.494 e. The molecule has 1 aromatic rings. The minimum atomic E-state index is -3.75. The van der Waals surface area contributed by atoms with Gasteiger partial charge in [-0.05, 0) is 62.9 Å². The number of hydrogen-bond acceptors (Lipinski definition) is 6. The van der Waals surface area contributed by atoms with Crippen LogP contribution < -0.4 is 15.4 Å². The lowest BCUT2D eigenvalue weighted by atomic mass is 10.1. The molecule has 158 valence electrons. The van der Waals surface area contributed by atoms with E-state index in [4.69, 9.17) is 4.74 Å². The molecule has 0 atom stereocenters. The number of nitrogens with zero attached hydrogens (tertiary/aromatic N) is 3. The molecular formula is C20H29N5O3S. The van der Waals surface area contributed by atoms with E-state index in [1.807, 2.05) is 12.1 Å². The van der Waals surface area contributed by atoms with Gasteiger partial charge in [-0.25, -0.2) is 0 Å². The first kappa shape index (κ1) is 20.2. The SMILES string of the molecule is O=S1(=O)N=C(NCCCOc2cccc(CN3CCCCC3)c2)C(NC2CC2)=N1. The molecule has 1 saturated carbocycles. The Morgan fingerprint density at radius 2 is 1.90 bits per heavy atom. The first-order valence-electron chi connectivity index (χ1n) is 10.5. The minimum Gasteiger partial charge on any atom is -0.494 e. The lowest BCUT2D eigenvalue weighted by Gasteiger charge is -2.26. The van der Waals surface area contributed by atoms with E-state index in [1.165, 1.54) is 37.9 Å². The maximum absolute atomic E-state index is 11.6. The van der Waals surface area contributed by atoms with Crippen molar-refractivity contribution in [1.82, 2.24) is 15.5 Å². The molecule has 0 spiro atoms. The van der Waals surface area contributed by atoms with Crippen molar-refractivity contribution in [2.45, 2.75) is 51.1 Å². The van der Waals surface area contributed by atoms with Crippen molar-refractivity contribution < 1.29 is 13.2 Å². The lowest BCUT2D eigenvalue weighted by molar-refractivity contribution is 0.220. The van der Waals surface area contributed by atoms with E-state index in [-0.39, 0.29) is 0 Å². The van der Waals surface area contributed by atoms with E-state index >= 15 is 0 Å². The number of rotatable bonds is 8. The molecule has 9 heteroatoms. The smallest absolute Gasteiger partial charge is 0.367 e. The molecule has 1 aromatic carbocycles. The Morgan fingerprint density at radius 1 is 1.10 bits per heavy atom. The second-order valence-electron chi connectivity index (χ2n) is 7.86. The van der Waals surface area contributed by atoms with Crippen molar-refractivity contribution in [1.29, 1.82) is 0 Å². The van der Waals surface area contributed by atoms with Crippen LogP contribution in [0.15, 0.2) is 33.1 Å². The molecule has 2 heterocycles. The fourth-order valence-corrected chi connectivity index (χ4v) is 4.34. The summed E-state index contributed by atoms with van der Waals surface area (Å²) in [6.07, 6.45) is 6.73. The van der Waals surface area contributed by atoms with Crippen LogP contribution in [0.2, 0.25) is 0 Å². The molecule has 29 heavy (non-hydrogen) atoms. The molecule has 8 nitrogen and oxygen atoms in total. The summed E-state index contributed by atoms with van der Waals surface area (Å²) in [7, 11) is -3.75. The summed E-state index contributed by atoms with van der Waals surface area (Å²) in [5, 5.41) is 6.17. The third-order valence-corrected chi connectivity index (χ3v) is 6.02. The van der Waals surface area contributed by atoms with Gasteiger partial charge in [0.25, 0.3) is 0 Å². The normalized spacial score (nSPS) is 21.4. The number of amidine groups is 2. The summed E-state index contributed by atoms with van der Waals surface area (Å²) < 4.78 is 36.5. The number of likely N-dealkylation sites (tertiary alicyclic amines) is 1. The van der Waals surface area contributed by atoms with Crippen LogP contribution in [0.25, 0.3) is 0 Å². The molecule has 2 fully saturated rings. The molecule has 2 aliphatic heterocycles. The Labute approximate surface area is 172 Å². The second-order valence-corrected chi connectivity index (χ2v) is 9.12. The molecule has 0 aromatic heterocycles. The van der Waals surface area contributed by atoms with Crippen molar-refractivity contribution in [3.05, 3.63) is 29.8 Å². The Balaban J connectivity index is 1.19. The van der Waals surface area contributed by atoms with E-state index in [0.717, 1.165) is 31.6 Å². The van der Waals surface area contributed by atoms with Crippen LogP contribution in [-0.4, -0.2) is 57.3 Å². The van der Waals surface area contributed by atoms with E-state index in [0.29, 0.717) is 30.9 Å². The standard InChI is InChI=1S/C20H29N5O3S/c26-29(27)23-19(20(24-29)22-17-8-9-17)21-10-5-13-28-18-7-4-6-16(14-18)15-25-11-2-1-3-12-25/h4,6-7,14,17H,1-3,5,8-13,15H2,(H,21,23)(H,22,24). The quantitative estimate of drug-likeness (QED) is 0.625. The maximum Gasteiger partial charge on any atom is 0.367 e. The fraction of sp³-hybridized carbons (Fsp3) is 0.600. The number of piperidine rings is 1. The fourth-order valence-electron chi connectivity index (χ4n) is 3.55. The Kier molecular flexibility index (Phi) is 6.34. The first-order valence-corrected chi connectivity index (χ1v) is 11.9. The molecule has 0 amide bonds. The van der Waals surface area contributed by atoms with E-state index in [2.05, 4.69) is 36.5 Å². The highest BCUT2D eigenvalue weighted by Gasteiger charge is 2.29. The molecule has 3 aliphatic rings. The number of hydrogen-bond donors (Lipinski definition) is 2. The van der Waals surface area contributed by atoms with Gasteiger partial charge in [0.05, 0.1) is 6.61 Å². The van der Waals surface area contributed by atoms with Gasteiger partial charge in [-0.2, -0.15) is 8.42 Å². The van der Waals surface area contributed by atoms with Crippen LogP contribution in [0.4, 0.5) is 0 Å². The van der Waals surface area contributed by atoms with Crippen molar-refractivity contribution in [3.63, 3.8) is 0 Å². The van der Waals surface area contributed by atoms with E-state index in [9.17, 15) is 8.42 Å². The minimum absolute atomic E-state index is 0.306. The van der Waals surface area contributed by atoms with Crippen molar-refractivity contribution in [2.24, 2.45) is 8.80 Å². The number of benzene rings is 1. The van der Waals surface area contributed by atoms with Gasteiger partial charge in [-0.1, -0.05) is 18.6 Å². The van der Waals surface area contributed by atoms with Crippen molar-refractivity contribution in [3.8, 4) is 5.75 Å². The van der Waals surface area contributed by atoms with Gasteiger partial charge in [-0.3, -0.25) is 4.90 Å². The van der Waals surface area contributed by atoms with Crippen LogP contribution in [0.1, 0.15) is 44.1 Å². The van der Waals surface area contributed by atoms with E-state index in [1.54, 1.807) is 0 Å². The van der Waals surface area contributed by atoms with Crippen LogP contribution in [-0.2, 0) is 16.8 Å². The lowest BCUT2D eigenvalue weighted by Crippen LogP contribution is -2.40. The molecule has 2 N–H and O–H groups in total. The second kappa shape index (κ2) is 9.13. The van der Waals surface area contributed by atoms with Crippen LogP contribution in [0, 0.1) is 0 Å². The Morgan fingerprint density at radius 3 is 2.69 bits per heavy atom. The summed E-state index contributed by atoms with van der Waals surface area (Å²) in [6.45, 7) is 4.44. The third-order valence-electron chi connectivity index (χ3n) is 5.19. The van der Waals surface area contributed by atoms with Gasteiger partial charge in [-0.15, -0.1) is 8.80 Å². The zero-order valence-electron chi connectivity index (χ0n) is 16.6. The topological polar surface area (TPSA) is 95.4 Å². The third kappa shape index (κ3) is 6.17. The Hall–Kier alpha value is -2.13. The molecule has 0 radical (unpaired) electrons. The average Bonchev–Trinajstić information content (AvgIpc) is 3.46. The highest BCUT2D eigenvalue weighted by molar-refractivity contribution is 7.89. The Bertz CT molecular complexity index is 874. The van der Waals surface area contributed by atoms with Crippen LogP contribution in [0.5, 0.6) is 5.75 Å². The van der Waals surface area contributed by atoms with Crippen molar-refractivity contribution in [2.75, 3.05) is 26.2 Å².